The molecule has 0 bridgehead atoms. The van der Waals surface area contributed by atoms with Gasteiger partial charge in [0, 0.05) is 0 Å². The number of hydrogen-bond donors (Lipinski definition) is 1. The topological polar surface area (TPSA) is 46.5 Å². The second-order valence-electron chi connectivity index (χ2n) is 4.23. The summed E-state index contributed by atoms with van der Waals surface area (Å²) in [4.78, 5) is 10.8. The lowest BCUT2D eigenvalue weighted by atomic mass is 9.99. The standard InChI is InChI=1S/C14H20O3/c1-4-10(3)11-6-8-12(9-7-11)17-13(5-2)14(15)16/h6-10,13H,4-5H2,1-3H3,(H,15,16). The van der Waals surface area contributed by atoms with Gasteiger partial charge in [0.25, 0.3) is 0 Å². The van der Waals surface area contributed by atoms with Crippen LogP contribution in [0.1, 0.15) is 45.1 Å². The lowest BCUT2D eigenvalue weighted by molar-refractivity contribution is -0.145. The molecule has 0 saturated carbocycles. The quantitative estimate of drug-likeness (QED) is 0.823. The Bertz CT molecular complexity index is 356. The fraction of sp³-hybridized carbons (Fsp3) is 0.500. The highest BCUT2D eigenvalue weighted by Gasteiger charge is 2.16. The van der Waals surface area contributed by atoms with Gasteiger partial charge in [-0.05, 0) is 36.5 Å². The molecule has 0 aliphatic carbocycles. The minimum Gasteiger partial charge on any atom is -0.479 e. The van der Waals surface area contributed by atoms with Gasteiger partial charge in [0.1, 0.15) is 5.75 Å². The van der Waals surface area contributed by atoms with Crippen molar-refractivity contribution in [2.24, 2.45) is 0 Å². The van der Waals surface area contributed by atoms with Crippen molar-refractivity contribution in [3.05, 3.63) is 29.8 Å². The van der Waals surface area contributed by atoms with E-state index >= 15 is 0 Å². The van der Waals surface area contributed by atoms with Crippen molar-refractivity contribution in [2.75, 3.05) is 0 Å². The van der Waals surface area contributed by atoms with Gasteiger partial charge in [-0.3, -0.25) is 0 Å². The molecule has 2 unspecified atom stereocenters. The molecule has 17 heavy (non-hydrogen) atoms. The van der Waals surface area contributed by atoms with Crippen LogP contribution in [-0.4, -0.2) is 17.2 Å². The first-order chi connectivity index (χ1) is 8.08. The number of ether oxygens (including phenoxy) is 1. The Hall–Kier alpha value is -1.51. The lowest BCUT2D eigenvalue weighted by Crippen LogP contribution is -2.25. The Morgan fingerprint density at radius 3 is 2.24 bits per heavy atom. The van der Waals surface area contributed by atoms with Crippen LogP contribution in [0.25, 0.3) is 0 Å². The van der Waals surface area contributed by atoms with Gasteiger partial charge in [-0.2, -0.15) is 0 Å². The molecular formula is C14H20O3. The third-order valence-corrected chi connectivity index (χ3v) is 2.99. The summed E-state index contributed by atoms with van der Waals surface area (Å²) in [5.74, 6) is 0.218. The molecule has 0 heterocycles. The molecule has 0 aliphatic heterocycles. The molecule has 94 valence electrons. The van der Waals surface area contributed by atoms with E-state index in [4.69, 9.17) is 9.84 Å². The Kier molecular flexibility index (Phi) is 5.01. The number of rotatable bonds is 6. The van der Waals surface area contributed by atoms with E-state index < -0.39 is 12.1 Å². The lowest BCUT2D eigenvalue weighted by Gasteiger charge is -2.14. The first-order valence-corrected chi connectivity index (χ1v) is 6.07. The molecule has 1 aromatic rings. The van der Waals surface area contributed by atoms with Crippen LogP contribution in [0.4, 0.5) is 0 Å². The predicted octanol–water partition coefficient (Wildman–Crippen LogP) is 3.44. The summed E-state index contributed by atoms with van der Waals surface area (Å²) in [6.45, 7) is 6.11. The maximum Gasteiger partial charge on any atom is 0.344 e. The van der Waals surface area contributed by atoms with Crippen LogP contribution >= 0.6 is 0 Å². The third kappa shape index (κ3) is 3.77. The van der Waals surface area contributed by atoms with E-state index in [0.29, 0.717) is 18.1 Å². The van der Waals surface area contributed by atoms with Crippen molar-refractivity contribution in [1.82, 2.24) is 0 Å². The summed E-state index contributed by atoms with van der Waals surface area (Å²) in [6.07, 6.45) is 0.791. The van der Waals surface area contributed by atoms with Gasteiger partial charge in [0.15, 0.2) is 6.10 Å². The minimum absolute atomic E-state index is 0.461. The van der Waals surface area contributed by atoms with E-state index in [1.807, 2.05) is 24.3 Å². The highest BCUT2D eigenvalue weighted by Crippen LogP contribution is 2.22. The molecule has 3 heteroatoms. The number of benzene rings is 1. The average molecular weight is 236 g/mol. The fourth-order valence-corrected chi connectivity index (χ4v) is 1.58. The van der Waals surface area contributed by atoms with Gasteiger partial charge in [0.05, 0.1) is 0 Å². The van der Waals surface area contributed by atoms with Gasteiger partial charge >= 0.3 is 5.97 Å². The molecule has 1 N–H and O–H groups in total. The summed E-state index contributed by atoms with van der Waals surface area (Å²) < 4.78 is 5.39. The van der Waals surface area contributed by atoms with Crippen molar-refractivity contribution in [2.45, 2.75) is 45.6 Å². The molecule has 0 spiro atoms. The van der Waals surface area contributed by atoms with E-state index in [1.54, 1.807) is 6.92 Å². The third-order valence-electron chi connectivity index (χ3n) is 2.99. The fourth-order valence-electron chi connectivity index (χ4n) is 1.58. The first kappa shape index (κ1) is 13.6. The van der Waals surface area contributed by atoms with E-state index in [9.17, 15) is 4.79 Å². The van der Waals surface area contributed by atoms with Crippen LogP contribution in [-0.2, 0) is 4.79 Å². The zero-order chi connectivity index (χ0) is 12.8. The number of carboxylic acids is 1. The van der Waals surface area contributed by atoms with Gasteiger partial charge in [-0.1, -0.05) is 32.9 Å². The normalized spacial score (nSPS) is 14.1. The summed E-state index contributed by atoms with van der Waals surface area (Å²) in [5.41, 5.74) is 1.25. The van der Waals surface area contributed by atoms with Gasteiger partial charge in [-0.25, -0.2) is 4.79 Å². The first-order valence-electron chi connectivity index (χ1n) is 6.07. The van der Waals surface area contributed by atoms with Crippen molar-refractivity contribution >= 4 is 5.97 Å². The van der Waals surface area contributed by atoms with Crippen molar-refractivity contribution in [1.29, 1.82) is 0 Å². The van der Waals surface area contributed by atoms with Crippen LogP contribution in [0.5, 0.6) is 5.75 Å². The molecule has 0 aromatic heterocycles. The highest BCUT2D eigenvalue weighted by molar-refractivity contribution is 5.72. The average Bonchev–Trinajstić information content (AvgIpc) is 2.35. The second-order valence-corrected chi connectivity index (χ2v) is 4.23. The van der Waals surface area contributed by atoms with Crippen LogP contribution in [0, 0.1) is 0 Å². The van der Waals surface area contributed by atoms with E-state index in [0.717, 1.165) is 6.42 Å². The predicted molar refractivity (Wildman–Crippen MR) is 67.5 cm³/mol. The molecule has 1 aromatic carbocycles. The SMILES string of the molecule is CCC(Oc1ccc(C(C)CC)cc1)C(=O)O. The van der Waals surface area contributed by atoms with Gasteiger partial charge < -0.3 is 9.84 Å². The summed E-state index contributed by atoms with van der Waals surface area (Å²) in [7, 11) is 0. The molecule has 0 fully saturated rings. The van der Waals surface area contributed by atoms with E-state index in [2.05, 4.69) is 13.8 Å². The molecule has 0 saturated heterocycles. The van der Waals surface area contributed by atoms with Gasteiger partial charge in [0.2, 0.25) is 0 Å². The summed E-state index contributed by atoms with van der Waals surface area (Å²) >= 11 is 0. The van der Waals surface area contributed by atoms with E-state index in [1.165, 1.54) is 5.56 Å². The Balaban J connectivity index is 2.71. The molecule has 0 aliphatic rings. The number of carbonyl (C=O) groups is 1. The van der Waals surface area contributed by atoms with Crippen LogP contribution in [0.3, 0.4) is 0 Å². The van der Waals surface area contributed by atoms with Crippen molar-refractivity contribution in [3.63, 3.8) is 0 Å². The summed E-state index contributed by atoms with van der Waals surface area (Å²) in [5, 5.41) is 8.89. The maximum atomic E-state index is 10.8. The summed E-state index contributed by atoms with van der Waals surface area (Å²) in [6, 6.07) is 7.68. The number of carboxylic acid groups (broad SMARTS) is 1. The molecule has 2 atom stereocenters. The molecule has 0 amide bonds. The number of hydrogen-bond acceptors (Lipinski definition) is 2. The van der Waals surface area contributed by atoms with Crippen LogP contribution in [0.15, 0.2) is 24.3 Å². The molecule has 1 rings (SSSR count). The minimum atomic E-state index is -0.918. The van der Waals surface area contributed by atoms with Gasteiger partial charge in [-0.15, -0.1) is 0 Å². The van der Waals surface area contributed by atoms with Crippen LogP contribution in [0.2, 0.25) is 0 Å². The Labute approximate surface area is 102 Å². The van der Waals surface area contributed by atoms with Crippen molar-refractivity contribution in [3.8, 4) is 5.75 Å². The Morgan fingerprint density at radius 2 is 1.82 bits per heavy atom. The highest BCUT2D eigenvalue weighted by atomic mass is 16.5. The zero-order valence-electron chi connectivity index (χ0n) is 10.6. The molecule has 3 nitrogen and oxygen atoms in total. The van der Waals surface area contributed by atoms with Crippen molar-refractivity contribution < 1.29 is 14.6 Å². The Morgan fingerprint density at radius 1 is 1.24 bits per heavy atom. The second kappa shape index (κ2) is 6.28. The smallest absolute Gasteiger partial charge is 0.344 e. The maximum absolute atomic E-state index is 10.8. The molecule has 0 radical (unpaired) electrons. The largest absolute Gasteiger partial charge is 0.479 e. The van der Waals surface area contributed by atoms with Crippen LogP contribution < -0.4 is 4.74 Å². The molecular weight excluding hydrogens is 216 g/mol. The zero-order valence-corrected chi connectivity index (χ0v) is 10.6. The monoisotopic (exact) mass is 236 g/mol. The van der Waals surface area contributed by atoms with E-state index in [-0.39, 0.29) is 0 Å². The number of aliphatic carboxylic acids is 1.